The standard InChI is InChI=1S/C18H20N4O3/c1-14(23)16-2-3-17(18(12-16)22(24)25)21-10-8-20(9-11-21)13-15-4-6-19-7-5-15/h2-7,12H,8-11,13H2,1H3. The molecule has 2 aromatic rings. The number of Topliss-reactive ketones (excluding diaryl/α,β-unsaturated/α-hetero) is 1. The van der Waals surface area contributed by atoms with Gasteiger partial charge in [-0.2, -0.15) is 0 Å². The van der Waals surface area contributed by atoms with Crippen molar-refractivity contribution in [2.45, 2.75) is 13.5 Å². The molecule has 0 radical (unpaired) electrons. The fourth-order valence-corrected chi connectivity index (χ4v) is 3.05. The number of aromatic nitrogens is 1. The van der Waals surface area contributed by atoms with E-state index in [1.807, 2.05) is 17.0 Å². The van der Waals surface area contributed by atoms with Gasteiger partial charge in [0.05, 0.1) is 4.92 Å². The first-order chi connectivity index (χ1) is 12.0. The molecule has 1 fully saturated rings. The third-order valence-corrected chi connectivity index (χ3v) is 4.45. The maximum absolute atomic E-state index is 11.5. The molecule has 3 rings (SSSR count). The zero-order valence-corrected chi connectivity index (χ0v) is 14.1. The number of piperazine rings is 1. The van der Waals surface area contributed by atoms with Gasteiger partial charge in [0.2, 0.25) is 0 Å². The van der Waals surface area contributed by atoms with Gasteiger partial charge in [-0.3, -0.25) is 24.8 Å². The van der Waals surface area contributed by atoms with Crippen molar-refractivity contribution in [3.63, 3.8) is 0 Å². The average molecular weight is 340 g/mol. The molecule has 2 heterocycles. The molecule has 1 aliphatic rings. The molecule has 0 saturated carbocycles. The number of ketones is 1. The quantitative estimate of drug-likeness (QED) is 0.473. The monoisotopic (exact) mass is 340 g/mol. The molecule has 0 unspecified atom stereocenters. The number of benzene rings is 1. The number of anilines is 1. The van der Waals surface area contributed by atoms with Gasteiger partial charge in [0.15, 0.2) is 5.78 Å². The molecule has 0 aliphatic carbocycles. The number of nitro benzene ring substituents is 1. The molecule has 7 heteroatoms. The fourth-order valence-electron chi connectivity index (χ4n) is 3.05. The van der Waals surface area contributed by atoms with Gasteiger partial charge in [-0.1, -0.05) is 0 Å². The van der Waals surface area contributed by atoms with Crippen LogP contribution in [0.3, 0.4) is 0 Å². The topological polar surface area (TPSA) is 79.6 Å². The van der Waals surface area contributed by atoms with Crippen molar-refractivity contribution in [3.05, 3.63) is 64.0 Å². The summed E-state index contributed by atoms with van der Waals surface area (Å²) in [5.74, 6) is -0.170. The van der Waals surface area contributed by atoms with Crippen LogP contribution in [0.1, 0.15) is 22.8 Å². The molecule has 0 N–H and O–H groups in total. The maximum atomic E-state index is 11.5. The SMILES string of the molecule is CC(=O)c1ccc(N2CCN(Cc3ccncc3)CC2)c([N+](=O)[O-])c1. The molecule has 1 saturated heterocycles. The predicted molar refractivity (Wildman–Crippen MR) is 94.8 cm³/mol. The van der Waals surface area contributed by atoms with Crippen molar-refractivity contribution in [1.29, 1.82) is 0 Å². The van der Waals surface area contributed by atoms with Crippen LogP contribution in [0.15, 0.2) is 42.7 Å². The van der Waals surface area contributed by atoms with Gasteiger partial charge in [-0.15, -0.1) is 0 Å². The van der Waals surface area contributed by atoms with Crippen molar-refractivity contribution in [2.75, 3.05) is 31.1 Å². The number of hydrogen-bond acceptors (Lipinski definition) is 6. The molecule has 0 spiro atoms. The van der Waals surface area contributed by atoms with Crippen LogP contribution < -0.4 is 4.90 Å². The number of hydrogen-bond donors (Lipinski definition) is 0. The highest BCUT2D eigenvalue weighted by Crippen LogP contribution is 2.30. The van der Waals surface area contributed by atoms with E-state index in [1.165, 1.54) is 18.6 Å². The van der Waals surface area contributed by atoms with E-state index in [-0.39, 0.29) is 11.5 Å². The lowest BCUT2D eigenvalue weighted by Crippen LogP contribution is -2.46. The maximum Gasteiger partial charge on any atom is 0.293 e. The lowest BCUT2D eigenvalue weighted by Gasteiger charge is -2.35. The third-order valence-electron chi connectivity index (χ3n) is 4.45. The van der Waals surface area contributed by atoms with Crippen molar-refractivity contribution in [1.82, 2.24) is 9.88 Å². The Morgan fingerprint density at radius 2 is 1.84 bits per heavy atom. The molecule has 130 valence electrons. The van der Waals surface area contributed by atoms with Crippen LogP contribution in [0.25, 0.3) is 0 Å². The summed E-state index contributed by atoms with van der Waals surface area (Å²) in [6, 6.07) is 8.72. The largest absolute Gasteiger partial charge is 0.363 e. The van der Waals surface area contributed by atoms with Gasteiger partial charge in [-0.25, -0.2) is 0 Å². The van der Waals surface area contributed by atoms with E-state index in [1.54, 1.807) is 24.5 Å². The van der Waals surface area contributed by atoms with Crippen LogP contribution in [-0.2, 0) is 6.54 Å². The molecular formula is C18H20N4O3. The van der Waals surface area contributed by atoms with Gasteiger partial charge in [0.25, 0.3) is 5.69 Å². The minimum atomic E-state index is -0.412. The summed E-state index contributed by atoms with van der Waals surface area (Å²) < 4.78 is 0. The Morgan fingerprint density at radius 3 is 2.44 bits per heavy atom. The summed E-state index contributed by atoms with van der Waals surface area (Å²) in [6.45, 7) is 5.34. The predicted octanol–water partition coefficient (Wildman–Crippen LogP) is 2.51. The molecule has 1 aromatic carbocycles. The van der Waals surface area contributed by atoms with Crippen molar-refractivity contribution in [2.24, 2.45) is 0 Å². The summed E-state index contributed by atoms with van der Waals surface area (Å²) in [7, 11) is 0. The first kappa shape index (κ1) is 17.0. The summed E-state index contributed by atoms with van der Waals surface area (Å²) in [5.41, 5.74) is 2.15. The van der Waals surface area contributed by atoms with Gasteiger partial charge < -0.3 is 4.90 Å². The summed E-state index contributed by atoms with van der Waals surface area (Å²) >= 11 is 0. The van der Waals surface area contributed by atoms with E-state index in [2.05, 4.69) is 9.88 Å². The number of nitro groups is 1. The Labute approximate surface area is 146 Å². The fraction of sp³-hybridized carbons (Fsp3) is 0.333. The van der Waals surface area contributed by atoms with Crippen molar-refractivity contribution >= 4 is 17.2 Å². The zero-order valence-electron chi connectivity index (χ0n) is 14.1. The summed E-state index contributed by atoms with van der Waals surface area (Å²) in [6.07, 6.45) is 3.57. The van der Waals surface area contributed by atoms with Crippen molar-refractivity contribution < 1.29 is 9.72 Å². The van der Waals surface area contributed by atoms with Crippen LogP contribution in [0.5, 0.6) is 0 Å². The number of carbonyl (C=O) groups excluding carboxylic acids is 1. The van der Waals surface area contributed by atoms with Gasteiger partial charge in [-0.05, 0) is 36.8 Å². The molecule has 0 amide bonds. The minimum Gasteiger partial charge on any atom is -0.363 e. The Balaban J connectivity index is 1.70. The van der Waals surface area contributed by atoms with Gasteiger partial charge in [0, 0.05) is 56.7 Å². The summed E-state index contributed by atoms with van der Waals surface area (Å²) in [5, 5.41) is 11.4. The third kappa shape index (κ3) is 4.00. The molecular weight excluding hydrogens is 320 g/mol. The van der Waals surface area contributed by atoms with Crippen LogP contribution in [0.4, 0.5) is 11.4 Å². The summed E-state index contributed by atoms with van der Waals surface area (Å²) in [4.78, 5) is 30.8. The highest BCUT2D eigenvalue weighted by molar-refractivity contribution is 5.95. The average Bonchev–Trinajstić information content (AvgIpc) is 2.62. The Hall–Kier alpha value is -2.80. The molecule has 7 nitrogen and oxygen atoms in total. The van der Waals surface area contributed by atoms with Crippen LogP contribution in [-0.4, -0.2) is 46.8 Å². The van der Waals surface area contributed by atoms with E-state index in [4.69, 9.17) is 0 Å². The number of rotatable bonds is 5. The van der Waals surface area contributed by atoms with Crippen molar-refractivity contribution in [3.8, 4) is 0 Å². The highest BCUT2D eigenvalue weighted by Gasteiger charge is 2.24. The van der Waals surface area contributed by atoms with E-state index < -0.39 is 4.92 Å². The van der Waals surface area contributed by atoms with E-state index >= 15 is 0 Å². The second-order valence-electron chi connectivity index (χ2n) is 6.14. The first-order valence-corrected chi connectivity index (χ1v) is 8.20. The molecule has 1 aliphatic heterocycles. The number of carbonyl (C=O) groups is 1. The lowest BCUT2D eigenvalue weighted by molar-refractivity contribution is -0.384. The number of pyridine rings is 1. The Bertz CT molecular complexity index is 771. The minimum absolute atomic E-state index is 0.00437. The van der Waals surface area contributed by atoms with Gasteiger partial charge in [0.1, 0.15) is 5.69 Å². The van der Waals surface area contributed by atoms with E-state index in [9.17, 15) is 14.9 Å². The van der Waals surface area contributed by atoms with Gasteiger partial charge >= 0.3 is 0 Å². The zero-order chi connectivity index (χ0) is 17.8. The normalized spacial score (nSPS) is 15.2. The molecule has 0 atom stereocenters. The number of nitrogens with zero attached hydrogens (tertiary/aromatic N) is 4. The molecule has 1 aromatic heterocycles. The van der Waals surface area contributed by atoms with E-state index in [0.29, 0.717) is 24.3 Å². The second kappa shape index (κ2) is 7.40. The van der Waals surface area contributed by atoms with E-state index in [0.717, 1.165) is 19.6 Å². The smallest absolute Gasteiger partial charge is 0.293 e. The second-order valence-corrected chi connectivity index (χ2v) is 6.14. The highest BCUT2D eigenvalue weighted by atomic mass is 16.6. The molecule has 25 heavy (non-hydrogen) atoms. The van der Waals surface area contributed by atoms with Crippen LogP contribution in [0.2, 0.25) is 0 Å². The first-order valence-electron chi connectivity index (χ1n) is 8.20. The lowest BCUT2D eigenvalue weighted by atomic mass is 10.1. The van der Waals surface area contributed by atoms with Crippen LogP contribution in [0, 0.1) is 10.1 Å². The van der Waals surface area contributed by atoms with Crippen LogP contribution >= 0.6 is 0 Å². The molecule has 0 bridgehead atoms. The Kier molecular flexibility index (Phi) is 5.04. The Morgan fingerprint density at radius 1 is 1.16 bits per heavy atom.